The fourth-order valence-corrected chi connectivity index (χ4v) is 2.17. The molecule has 0 radical (unpaired) electrons. The number of carbonyl (C=O) groups excluding carboxylic acids is 1. The van der Waals surface area contributed by atoms with Crippen molar-refractivity contribution in [2.24, 2.45) is 5.10 Å². The SMILES string of the molecule is CCN(CC)c1ccc(/C=N\NC(=O)Cn2cnc([N+](=O)[O-])n2)cc1. The second-order valence-corrected chi connectivity index (χ2v) is 5.06. The standard InChI is InChI=1S/C15H19N7O3/c1-3-20(4-2)13-7-5-12(6-8-13)9-17-18-14(23)10-21-11-16-15(19-21)22(24)25/h5-9,11H,3-4,10H2,1-2H3,(H,18,23)/b17-9-. The highest BCUT2D eigenvalue weighted by Gasteiger charge is 2.14. The number of hydrazone groups is 1. The molecular formula is C15H19N7O3. The fraction of sp³-hybridized carbons (Fsp3) is 0.333. The molecule has 10 heteroatoms. The molecule has 25 heavy (non-hydrogen) atoms. The first-order valence-corrected chi connectivity index (χ1v) is 7.74. The van der Waals surface area contributed by atoms with Crippen LogP contribution in [0.3, 0.4) is 0 Å². The van der Waals surface area contributed by atoms with Crippen molar-refractivity contribution in [1.29, 1.82) is 0 Å². The molecule has 0 aliphatic rings. The summed E-state index contributed by atoms with van der Waals surface area (Å²) in [5.74, 6) is -1.01. The third-order valence-corrected chi connectivity index (χ3v) is 3.42. The number of nitrogens with one attached hydrogen (secondary N) is 1. The van der Waals surface area contributed by atoms with E-state index in [0.29, 0.717) is 0 Å². The van der Waals surface area contributed by atoms with Crippen molar-refractivity contribution >= 4 is 23.8 Å². The van der Waals surface area contributed by atoms with Crippen molar-refractivity contribution in [2.75, 3.05) is 18.0 Å². The Morgan fingerprint density at radius 2 is 2.04 bits per heavy atom. The van der Waals surface area contributed by atoms with Gasteiger partial charge in [-0.2, -0.15) is 9.78 Å². The van der Waals surface area contributed by atoms with E-state index in [2.05, 4.69) is 39.4 Å². The Morgan fingerprint density at radius 3 is 2.60 bits per heavy atom. The van der Waals surface area contributed by atoms with Crippen LogP contribution < -0.4 is 10.3 Å². The Balaban J connectivity index is 1.87. The predicted molar refractivity (Wildman–Crippen MR) is 92.4 cm³/mol. The minimum atomic E-state index is -0.728. The van der Waals surface area contributed by atoms with Gasteiger partial charge in [0.15, 0.2) is 0 Å². The number of rotatable bonds is 8. The molecule has 0 saturated carbocycles. The largest absolute Gasteiger partial charge is 0.490 e. The zero-order valence-corrected chi connectivity index (χ0v) is 14.0. The van der Waals surface area contributed by atoms with Crippen molar-refractivity contribution in [3.63, 3.8) is 0 Å². The Bertz CT molecular complexity index is 751. The second-order valence-electron chi connectivity index (χ2n) is 5.06. The van der Waals surface area contributed by atoms with Gasteiger partial charge in [0.25, 0.3) is 5.91 Å². The molecule has 0 aliphatic heterocycles. The van der Waals surface area contributed by atoms with Gasteiger partial charge in [0.2, 0.25) is 6.33 Å². The number of benzene rings is 1. The highest BCUT2D eigenvalue weighted by Crippen LogP contribution is 2.13. The molecule has 0 unspecified atom stereocenters. The highest BCUT2D eigenvalue weighted by atomic mass is 16.6. The van der Waals surface area contributed by atoms with Gasteiger partial charge in [0.05, 0.1) is 6.21 Å². The molecule has 0 fully saturated rings. The minimum absolute atomic E-state index is 0.209. The highest BCUT2D eigenvalue weighted by molar-refractivity contribution is 5.82. The summed E-state index contributed by atoms with van der Waals surface area (Å²) in [5.41, 5.74) is 4.30. The summed E-state index contributed by atoms with van der Waals surface area (Å²) < 4.78 is 1.07. The van der Waals surface area contributed by atoms with E-state index in [0.717, 1.165) is 35.3 Å². The van der Waals surface area contributed by atoms with E-state index in [1.54, 1.807) is 0 Å². The zero-order valence-electron chi connectivity index (χ0n) is 14.0. The zero-order chi connectivity index (χ0) is 18.2. The maximum atomic E-state index is 11.7. The van der Waals surface area contributed by atoms with Gasteiger partial charge in [-0.1, -0.05) is 17.1 Å². The smallest absolute Gasteiger partial charge is 0.390 e. The molecule has 10 nitrogen and oxygen atoms in total. The topological polar surface area (TPSA) is 119 Å². The number of anilines is 1. The Labute approximate surface area is 144 Å². The molecule has 132 valence electrons. The van der Waals surface area contributed by atoms with Crippen molar-refractivity contribution in [3.8, 4) is 0 Å². The number of nitro groups is 1. The number of amides is 1. The van der Waals surface area contributed by atoms with E-state index in [1.165, 1.54) is 6.21 Å². The summed E-state index contributed by atoms with van der Waals surface area (Å²) in [7, 11) is 0. The lowest BCUT2D eigenvalue weighted by molar-refractivity contribution is -0.394. The number of hydrogen-bond donors (Lipinski definition) is 1. The van der Waals surface area contributed by atoms with Crippen LogP contribution in [0.25, 0.3) is 0 Å². The van der Waals surface area contributed by atoms with Crippen LogP contribution in [0.15, 0.2) is 35.7 Å². The first kappa shape index (κ1) is 18.0. The molecule has 2 rings (SSSR count). The first-order valence-electron chi connectivity index (χ1n) is 7.74. The van der Waals surface area contributed by atoms with Gasteiger partial charge in [0.1, 0.15) is 6.54 Å². The van der Waals surface area contributed by atoms with Gasteiger partial charge in [-0.3, -0.25) is 4.79 Å². The van der Waals surface area contributed by atoms with E-state index in [4.69, 9.17) is 0 Å². The van der Waals surface area contributed by atoms with Crippen molar-refractivity contribution in [1.82, 2.24) is 20.2 Å². The maximum absolute atomic E-state index is 11.7. The monoisotopic (exact) mass is 345 g/mol. The number of aromatic nitrogens is 3. The summed E-state index contributed by atoms with van der Waals surface area (Å²) in [6.07, 6.45) is 2.64. The van der Waals surface area contributed by atoms with E-state index < -0.39 is 16.8 Å². The molecule has 1 N–H and O–H groups in total. The molecule has 1 amide bonds. The minimum Gasteiger partial charge on any atom is -0.390 e. The van der Waals surface area contributed by atoms with Gasteiger partial charge in [-0.15, -0.1) is 0 Å². The lowest BCUT2D eigenvalue weighted by Gasteiger charge is -2.20. The molecule has 0 atom stereocenters. The van der Waals surface area contributed by atoms with Gasteiger partial charge in [0, 0.05) is 23.9 Å². The predicted octanol–water partition coefficient (Wildman–Crippen LogP) is 1.18. The maximum Gasteiger partial charge on any atom is 0.490 e. The normalized spacial score (nSPS) is 10.8. The molecule has 0 bridgehead atoms. The summed E-state index contributed by atoms with van der Waals surface area (Å²) in [6.45, 7) is 5.84. The number of nitrogens with zero attached hydrogens (tertiary/aromatic N) is 6. The average molecular weight is 345 g/mol. The first-order chi connectivity index (χ1) is 12.0. The van der Waals surface area contributed by atoms with Gasteiger partial charge in [-0.25, -0.2) is 5.43 Å². The quantitative estimate of drug-likeness (QED) is 0.436. The summed E-state index contributed by atoms with van der Waals surface area (Å²) in [6, 6.07) is 7.80. The van der Waals surface area contributed by atoms with Gasteiger partial charge >= 0.3 is 5.95 Å². The Morgan fingerprint density at radius 1 is 1.36 bits per heavy atom. The van der Waals surface area contributed by atoms with Crippen LogP contribution in [0.5, 0.6) is 0 Å². The summed E-state index contributed by atoms with van der Waals surface area (Å²) in [4.78, 5) is 27.1. The molecule has 2 aromatic rings. The second kappa shape index (κ2) is 8.52. The van der Waals surface area contributed by atoms with Crippen LogP contribution in [0.1, 0.15) is 19.4 Å². The summed E-state index contributed by atoms with van der Waals surface area (Å²) >= 11 is 0. The number of carbonyl (C=O) groups is 1. The molecular weight excluding hydrogens is 326 g/mol. The molecule has 0 spiro atoms. The van der Waals surface area contributed by atoms with Crippen LogP contribution in [-0.4, -0.2) is 44.9 Å². The Hall–Kier alpha value is -3.30. The van der Waals surface area contributed by atoms with Gasteiger partial charge < -0.3 is 15.0 Å². The van der Waals surface area contributed by atoms with E-state index >= 15 is 0 Å². The van der Waals surface area contributed by atoms with E-state index in [1.807, 2.05) is 24.3 Å². The number of hydrogen-bond acceptors (Lipinski definition) is 7. The Kier molecular flexibility index (Phi) is 6.15. The van der Waals surface area contributed by atoms with Crippen LogP contribution in [0, 0.1) is 10.1 Å². The lowest BCUT2D eigenvalue weighted by atomic mass is 10.2. The molecule has 0 aliphatic carbocycles. The van der Waals surface area contributed by atoms with E-state index in [9.17, 15) is 14.9 Å². The van der Waals surface area contributed by atoms with Crippen LogP contribution in [0.2, 0.25) is 0 Å². The molecule has 1 heterocycles. The van der Waals surface area contributed by atoms with Crippen molar-refractivity contribution < 1.29 is 9.72 Å². The fourth-order valence-electron chi connectivity index (χ4n) is 2.17. The third kappa shape index (κ3) is 5.09. The molecule has 1 aromatic heterocycles. The van der Waals surface area contributed by atoms with Crippen molar-refractivity contribution in [3.05, 3.63) is 46.3 Å². The van der Waals surface area contributed by atoms with Crippen LogP contribution >= 0.6 is 0 Å². The van der Waals surface area contributed by atoms with Gasteiger partial charge in [-0.05, 0) is 36.5 Å². The molecule has 0 saturated heterocycles. The third-order valence-electron chi connectivity index (χ3n) is 3.42. The van der Waals surface area contributed by atoms with Crippen molar-refractivity contribution in [2.45, 2.75) is 20.4 Å². The van der Waals surface area contributed by atoms with Crippen LogP contribution in [-0.2, 0) is 11.3 Å². The van der Waals surface area contributed by atoms with E-state index in [-0.39, 0.29) is 6.54 Å². The lowest BCUT2D eigenvalue weighted by Crippen LogP contribution is -2.23. The average Bonchev–Trinajstić information content (AvgIpc) is 3.06. The summed E-state index contributed by atoms with van der Waals surface area (Å²) in [5, 5.41) is 17.9. The van der Waals surface area contributed by atoms with Crippen LogP contribution in [0.4, 0.5) is 11.6 Å². The molecule has 1 aromatic carbocycles.